The average molecular weight is 440 g/mol. The van der Waals surface area contributed by atoms with Gasteiger partial charge in [0.15, 0.2) is 0 Å². The predicted molar refractivity (Wildman–Crippen MR) is 140 cm³/mol. The van der Waals surface area contributed by atoms with Crippen molar-refractivity contribution >= 4 is 12.0 Å². The van der Waals surface area contributed by atoms with Crippen LogP contribution in [0.4, 0.5) is 5.69 Å². The van der Waals surface area contributed by atoms with Gasteiger partial charge in [0, 0.05) is 12.7 Å². The lowest BCUT2D eigenvalue weighted by Crippen LogP contribution is -2.25. The van der Waals surface area contributed by atoms with Crippen LogP contribution in [0.15, 0.2) is 36.4 Å². The molecule has 2 aliphatic rings. The molecule has 180 valence electrons. The summed E-state index contributed by atoms with van der Waals surface area (Å²) in [7, 11) is 2.00. The van der Waals surface area contributed by atoms with E-state index in [0.717, 1.165) is 30.0 Å². The van der Waals surface area contributed by atoms with Gasteiger partial charge in [0.1, 0.15) is 6.29 Å². The van der Waals surface area contributed by atoms with Gasteiger partial charge in [-0.2, -0.15) is 0 Å². The Hall–Kier alpha value is -1.57. The van der Waals surface area contributed by atoms with Gasteiger partial charge in [-0.05, 0) is 92.4 Å². The lowest BCUT2D eigenvalue weighted by atomic mass is 9.68. The van der Waals surface area contributed by atoms with E-state index in [1.807, 2.05) is 7.05 Å². The molecule has 32 heavy (non-hydrogen) atoms. The maximum absolute atomic E-state index is 9.41. The van der Waals surface area contributed by atoms with Crippen molar-refractivity contribution in [2.24, 2.45) is 17.8 Å². The van der Waals surface area contributed by atoms with E-state index >= 15 is 0 Å². The van der Waals surface area contributed by atoms with E-state index in [2.05, 4.69) is 43.1 Å². The van der Waals surface area contributed by atoms with Crippen LogP contribution in [-0.4, -0.2) is 13.3 Å². The minimum atomic E-state index is 0.574. The van der Waals surface area contributed by atoms with E-state index < -0.39 is 0 Å². The van der Waals surface area contributed by atoms with Crippen molar-refractivity contribution in [2.45, 2.75) is 110 Å². The summed E-state index contributed by atoms with van der Waals surface area (Å²) >= 11 is 0. The molecule has 1 N–H and O–H groups in total. The number of rotatable bonds is 10. The van der Waals surface area contributed by atoms with E-state index in [0.29, 0.717) is 5.57 Å². The van der Waals surface area contributed by atoms with Crippen LogP contribution in [0, 0.1) is 17.8 Å². The number of hydrogen-bond acceptors (Lipinski definition) is 2. The molecule has 0 amide bonds. The summed E-state index contributed by atoms with van der Waals surface area (Å²) in [6.45, 7) is 7.28. The summed E-state index contributed by atoms with van der Waals surface area (Å²) in [5.74, 6) is 3.95. The Morgan fingerprint density at radius 3 is 1.94 bits per heavy atom. The van der Waals surface area contributed by atoms with Crippen LogP contribution < -0.4 is 5.32 Å². The number of carbonyl (C=O) groups excluding carboxylic acids is 1. The molecule has 1 aromatic rings. The summed E-state index contributed by atoms with van der Waals surface area (Å²) in [5, 5.41) is 3.23. The minimum absolute atomic E-state index is 0.574. The fourth-order valence-electron chi connectivity index (χ4n) is 5.83. The molecule has 2 saturated carbocycles. The van der Waals surface area contributed by atoms with Crippen molar-refractivity contribution in [2.75, 3.05) is 12.4 Å². The van der Waals surface area contributed by atoms with Crippen molar-refractivity contribution in [1.29, 1.82) is 0 Å². The maximum atomic E-state index is 9.41. The molecule has 0 saturated heterocycles. The Labute approximate surface area is 198 Å². The van der Waals surface area contributed by atoms with Gasteiger partial charge in [-0.3, -0.25) is 4.79 Å². The number of carbonyl (C=O) groups is 1. The third-order valence-electron chi connectivity index (χ3n) is 7.92. The van der Waals surface area contributed by atoms with Crippen molar-refractivity contribution in [3.05, 3.63) is 42.0 Å². The van der Waals surface area contributed by atoms with E-state index in [-0.39, 0.29) is 0 Å². The molecular formula is C30H49NO. The zero-order valence-corrected chi connectivity index (χ0v) is 21.2. The van der Waals surface area contributed by atoms with Gasteiger partial charge in [0.25, 0.3) is 0 Å². The van der Waals surface area contributed by atoms with Crippen LogP contribution in [-0.2, 0) is 4.79 Å². The highest BCUT2D eigenvalue weighted by Gasteiger charge is 2.31. The van der Waals surface area contributed by atoms with Gasteiger partial charge >= 0.3 is 0 Å². The third-order valence-corrected chi connectivity index (χ3v) is 7.92. The average Bonchev–Trinajstić information content (AvgIpc) is 2.85. The molecule has 0 bridgehead atoms. The quantitative estimate of drug-likeness (QED) is 0.224. The van der Waals surface area contributed by atoms with E-state index in [4.69, 9.17) is 0 Å². The highest BCUT2D eigenvalue weighted by Crippen LogP contribution is 2.44. The van der Waals surface area contributed by atoms with Crippen molar-refractivity contribution < 1.29 is 4.79 Å². The van der Waals surface area contributed by atoms with Gasteiger partial charge in [0.05, 0.1) is 0 Å². The van der Waals surface area contributed by atoms with Gasteiger partial charge in [-0.15, -0.1) is 0 Å². The first-order valence-electron chi connectivity index (χ1n) is 13.5. The fraction of sp³-hybridized carbons (Fsp3) is 0.700. The lowest BCUT2D eigenvalue weighted by molar-refractivity contribution is -0.104. The second-order valence-corrected chi connectivity index (χ2v) is 10.4. The lowest BCUT2D eigenvalue weighted by Gasteiger charge is -2.38. The largest absolute Gasteiger partial charge is 0.388 e. The summed E-state index contributed by atoms with van der Waals surface area (Å²) < 4.78 is 0. The molecule has 2 nitrogen and oxygen atoms in total. The van der Waals surface area contributed by atoms with Crippen molar-refractivity contribution in [3.8, 4) is 0 Å². The van der Waals surface area contributed by atoms with E-state index in [1.54, 1.807) is 12.5 Å². The molecule has 2 aliphatic carbocycles. The Morgan fingerprint density at radius 2 is 1.44 bits per heavy atom. The normalized spacial score (nSPS) is 25.3. The number of unbranched alkanes of at least 4 members (excludes halogenated alkanes) is 4. The van der Waals surface area contributed by atoms with E-state index in [9.17, 15) is 4.79 Å². The third kappa shape index (κ3) is 9.51. The Balaban J connectivity index is 0.000000654. The smallest absolute Gasteiger partial charge is 0.145 e. The first-order chi connectivity index (χ1) is 15.6. The molecule has 0 radical (unpaired) electrons. The topological polar surface area (TPSA) is 29.1 Å². The van der Waals surface area contributed by atoms with Crippen molar-refractivity contribution in [1.82, 2.24) is 0 Å². The zero-order chi connectivity index (χ0) is 23.2. The van der Waals surface area contributed by atoms with Gasteiger partial charge in [0.2, 0.25) is 0 Å². The molecule has 3 rings (SSSR count). The highest BCUT2D eigenvalue weighted by atomic mass is 16.1. The zero-order valence-electron chi connectivity index (χ0n) is 21.2. The fourth-order valence-corrected chi connectivity index (χ4v) is 5.83. The molecule has 2 heteroatoms. The summed E-state index contributed by atoms with van der Waals surface area (Å²) in [6, 6.07) is 9.18. The second kappa shape index (κ2) is 15.3. The molecular weight excluding hydrogens is 390 g/mol. The second-order valence-electron chi connectivity index (χ2n) is 10.4. The van der Waals surface area contributed by atoms with Crippen LogP contribution in [0.25, 0.3) is 0 Å². The molecule has 0 aliphatic heterocycles. The highest BCUT2D eigenvalue weighted by molar-refractivity contribution is 5.70. The Kier molecular flexibility index (Phi) is 12.8. The van der Waals surface area contributed by atoms with Crippen LogP contribution in [0.3, 0.4) is 0 Å². The molecule has 2 fully saturated rings. The Morgan fingerprint density at radius 1 is 0.906 bits per heavy atom. The SMILES string of the molecule is C=C(C)C=O.CCCCCCCC1CCC(C2CCC(c3ccc(NC)cc3)CC2)CC1. The molecule has 0 aromatic heterocycles. The number of allylic oxidation sites excluding steroid dienone is 1. The summed E-state index contributed by atoms with van der Waals surface area (Å²) in [4.78, 5) is 9.41. The van der Waals surface area contributed by atoms with Gasteiger partial charge in [-0.1, -0.05) is 77.0 Å². The monoisotopic (exact) mass is 439 g/mol. The first kappa shape index (κ1) is 26.7. The van der Waals surface area contributed by atoms with Crippen LogP contribution >= 0.6 is 0 Å². The molecule has 0 atom stereocenters. The molecule has 1 aromatic carbocycles. The van der Waals surface area contributed by atoms with Gasteiger partial charge < -0.3 is 5.32 Å². The van der Waals surface area contributed by atoms with Crippen LogP contribution in [0.5, 0.6) is 0 Å². The summed E-state index contributed by atoms with van der Waals surface area (Å²) in [5.41, 5.74) is 3.37. The number of nitrogens with one attached hydrogen (secondary N) is 1. The molecule has 0 unspecified atom stereocenters. The number of aldehydes is 1. The number of benzene rings is 1. The standard InChI is InChI=1S/C26H43N.C4H6O/c1-3-4-5-6-7-8-21-9-11-22(12-10-21)23-13-15-24(16-14-23)25-17-19-26(27-2)20-18-25;1-4(2)3-5/h17-24,27H,3-16H2,1-2H3;3H,1H2,2H3. The van der Waals surface area contributed by atoms with Crippen LogP contribution in [0.2, 0.25) is 0 Å². The first-order valence-corrected chi connectivity index (χ1v) is 13.5. The molecule has 0 heterocycles. The Bertz CT molecular complexity index is 633. The van der Waals surface area contributed by atoms with Gasteiger partial charge in [-0.25, -0.2) is 0 Å². The van der Waals surface area contributed by atoms with Crippen molar-refractivity contribution in [3.63, 3.8) is 0 Å². The summed E-state index contributed by atoms with van der Waals surface area (Å²) in [6.07, 6.45) is 21.4. The minimum Gasteiger partial charge on any atom is -0.388 e. The van der Waals surface area contributed by atoms with E-state index in [1.165, 1.54) is 95.6 Å². The predicted octanol–water partition coefficient (Wildman–Crippen LogP) is 8.93. The molecule has 0 spiro atoms. The number of anilines is 1. The number of hydrogen-bond donors (Lipinski definition) is 1. The maximum Gasteiger partial charge on any atom is 0.145 e. The van der Waals surface area contributed by atoms with Crippen LogP contribution in [0.1, 0.15) is 115 Å².